The van der Waals surface area contributed by atoms with Gasteiger partial charge in [0.15, 0.2) is 0 Å². The molecule has 0 radical (unpaired) electrons. The fourth-order valence-corrected chi connectivity index (χ4v) is 3.16. The van der Waals surface area contributed by atoms with Crippen molar-refractivity contribution in [3.63, 3.8) is 0 Å². The van der Waals surface area contributed by atoms with E-state index in [4.69, 9.17) is 5.73 Å². The molecule has 1 aromatic heterocycles. The third-order valence-corrected chi connectivity index (χ3v) is 3.91. The second-order valence-corrected chi connectivity index (χ2v) is 5.08. The van der Waals surface area contributed by atoms with Crippen LogP contribution in [0.25, 0.3) is 0 Å². The van der Waals surface area contributed by atoms with E-state index in [-0.39, 0.29) is 0 Å². The Morgan fingerprint density at radius 2 is 1.94 bits per heavy atom. The van der Waals surface area contributed by atoms with Crippen molar-refractivity contribution in [3.05, 3.63) is 11.8 Å². The van der Waals surface area contributed by atoms with Gasteiger partial charge < -0.3 is 10.6 Å². The minimum absolute atomic E-state index is 0.395. The van der Waals surface area contributed by atoms with Crippen LogP contribution in [0.5, 0.6) is 0 Å². The maximum absolute atomic E-state index is 5.69. The van der Waals surface area contributed by atoms with Gasteiger partial charge in [-0.2, -0.15) is 4.98 Å². The second-order valence-electron chi connectivity index (χ2n) is 5.08. The summed E-state index contributed by atoms with van der Waals surface area (Å²) in [6.07, 6.45) is 4.19. The molecule has 2 N–H and O–H groups in total. The number of nitrogen functional groups attached to an aromatic ring is 1. The largest absolute Gasteiger partial charge is 0.368 e. The SMILES string of the molecule is Cc1cc(N2CC3CCCC3C2)nc(N)n1. The second kappa shape index (κ2) is 3.61. The van der Waals surface area contributed by atoms with Crippen LogP contribution in [0.15, 0.2) is 6.07 Å². The van der Waals surface area contributed by atoms with Gasteiger partial charge in [-0.05, 0) is 31.6 Å². The van der Waals surface area contributed by atoms with Crippen molar-refractivity contribution >= 4 is 11.8 Å². The molecule has 2 aliphatic rings. The van der Waals surface area contributed by atoms with Crippen LogP contribution in [-0.4, -0.2) is 23.1 Å². The van der Waals surface area contributed by atoms with E-state index >= 15 is 0 Å². The molecule has 2 unspecified atom stereocenters. The molecule has 0 amide bonds. The molecule has 1 aliphatic carbocycles. The fraction of sp³-hybridized carbons (Fsp3) is 0.667. The predicted octanol–water partition coefficient (Wildman–Crippen LogP) is 1.60. The van der Waals surface area contributed by atoms with Gasteiger partial charge in [-0.15, -0.1) is 0 Å². The topological polar surface area (TPSA) is 55.0 Å². The Kier molecular flexibility index (Phi) is 2.23. The first kappa shape index (κ1) is 9.87. The van der Waals surface area contributed by atoms with Crippen molar-refractivity contribution in [2.75, 3.05) is 23.7 Å². The molecule has 0 aromatic carbocycles. The molecule has 1 saturated carbocycles. The molecule has 2 atom stereocenters. The summed E-state index contributed by atoms with van der Waals surface area (Å²) in [6.45, 7) is 4.28. The molecule has 1 saturated heterocycles. The number of nitrogens with zero attached hydrogens (tertiary/aromatic N) is 3. The van der Waals surface area contributed by atoms with Crippen LogP contribution >= 0.6 is 0 Å². The number of rotatable bonds is 1. The maximum Gasteiger partial charge on any atom is 0.222 e. The predicted molar refractivity (Wildman–Crippen MR) is 64.2 cm³/mol. The highest BCUT2D eigenvalue weighted by Gasteiger charge is 2.36. The van der Waals surface area contributed by atoms with Gasteiger partial charge in [0.2, 0.25) is 5.95 Å². The van der Waals surface area contributed by atoms with E-state index < -0.39 is 0 Å². The normalized spacial score (nSPS) is 28.4. The highest BCUT2D eigenvalue weighted by Crippen LogP contribution is 2.39. The molecule has 0 bridgehead atoms. The molecule has 4 nitrogen and oxygen atoms in total. The lowest BCUT2D eigenvalue weighted by Crippen LogP contribution is -2.22. The van der Waals surface area contributed by atoms with Crippen molar-refractivity contribution in [2.24, 2.45) is 11.8 Å². The molecule has 2 fully saturated rings. The number of aryl methyl sites for hydroxylation is 1. The van der Waals surface area contributed by atoms with E-state index in [9.17, 15) is 0 Å². The van der Waals surface area contributed by atoms with Gasteiger partial charge in [0.25, 0.3) is 0 Å². The Morgan fingerprint density at radius 1 is 1.25 bits per heavy atom. The van der Waals surface area contributed by atoms with E-state index in [1.54, 1.807) is 0 Å². The molecule has 1 aliphatic heterocycles. The van der Waals surface area contributed by atoms with Crippen molar-refractivity contribution in [1.29, 1.82) is 0 Å². The summed E-state index contributed by atoms with van der Waals surface area (Å²) >= 11 is 0. The minimum Gasteiger partial charge on any atom is -0.368 e. The van der Waals surface area contributed by atoms with Crippen LogP contribution in [0.3, 0.4) is 0 Å². The standard InChI is InChI=1S/C12H18N4/c1-8-5-11(15-12(13)14-8)16-6-9-3-2-4-10(9)7-16/h5,9-10H,2-4,6-7H2,1H3,(H2,13,14,15). The van der Waals surface area contributed by atoms with Crippen molar-refractivity contribution < 1.29 is 0 Å². The molecule has 3 rings (SSSR count). The zero-order chi connectivity index (χ0) is 11.1. The minimum atomic E-state index is 0.395. The molecule has 4 heteroatoms. The molecule has 1 aromatic rings. The van der Waals surface area contributed by atoms with Crippen molar-refractivity contribution in [1.82, 2.24) is 9.97 Å². The summed E-state index contributed by atoms with van der Waals surface area (Å²) in [5, 5.41) is 0. The number of hydrogen-bond donors (Lipinski definition) is 1. The summed E-state index contributed by atoms with van der Waals surface area (Å²) in [4.78, 5) is 10.8. The van der Waals surface area contributed by atoms with Crippen LogP contribution in [0, 0.1) is 18.8 Å². The molecular weight excluding hydrogens is 200 g/mol. The fourth-order valence-electron chi connectivity index (χ4n) is 3.16. The lowest BCUT2D eigenvalue weighted by molar-refractivity contribution is 0.494. The Balaban J connectivity index is 1.83. The molecule has 2 heterocycles. The quantitative estimate of drug-likeness (QED) is 0.778. The first-order chi connectivity index (χ1) is 7.72. The monoisotopic (exact) mass is 218 g/mol. The third kappa shape index (κ3) is 1.62. The Hall–Kier alpha value is -1.32. The van der Waals surface area contributed by atoms with E-state index in [2.05, 4.69) is 14.9 Å². The van der Waals surface area contributed by atoms with Crippen molar-refractivity contribution in [3.8, 4) is 0 Å². The van der Waals surface area contributed by atoms with Gasteiger partial charge in [0.05, 0.1) is 0 Å². The lowest BCUT2D eigenvalue weighted by atomic mass is 10.0. The third-order valence-electron chi connectivity index (χ3n) is 3.91. The van der Waals surface area contributed by atoms with E-state index in [1.165, 1.54) is 19.3 Å². The zero-order valence-electron chi connectivity index (χ0n) is 9.69. The summed E-state index contributed by atoms with van der Waals surface area (Å²) in [7, 11) is 0. The number of nitrogens with two attached hydrogens (primary N) is 1. The van der Waals surface area contributed by atoms with Gasteiger partial charge in [-0.3, -0.25) is 0 Å². The first-order valence-electron chi connectivity index (χ1n) is 6.08. The Morgan fingerprint density at radius 3 is 2.56 bits per heavy atom. The summed E-state index contributed by atoms with van der Waals surface area (Å²) in [5.41, 5.74) is 6.65. The number of aromatic nitrogens is 2. The molecule has 16 heavy (non-hydrogen) atoms. The number of anilines is 2. The average Bonchev–Trinajstić information content (AvgIpc) is 2.74. The Labute approximate surface area is 95.9 Å². The van der Waals surface area contributed by atoms with Crippen LogP contribution in [0.2, 0.25) is 0 Å². The van der Waals surface area contributed by atoms with Gasteiger partial charge in [-0.25, -0.2) is 4.98 Å². The number of hydrogen-bond acceptors (Lipinski definition) is 4. The Bertz CT molecular complexity index is 372. The molecule has 86 valence electrons. The number of fused-ring (bicyclic) bond motifs is 1. The van der Waals surface area contributed by atoms with E-state index in [0.717, 1.165) is 36.4 Å². The summed E-state index contributed by atoms with van der Waals surface area (Å²) < 4.78 is 0. The van der Waals surface area contributed by atoms with Crippen LogP contribution in [0.1, 0.15) is 25.0 Å². The lowest BCUT2D eigenvalue weighted by Gasteiger charge is -2.18. The highest BCUT2D eigenvalue weighted by atomic mass is 15.2. The van der Waals surface area contributed by atoms with E-state index in [0.29, 0.717) is 5.95 Å². The van der Waals surface area contributed by atoms with Gasteiger partial charge >= 0.3 is 0 Å². The van der Waals surface area contributed by atoms with Crippen LogP contribution < -0.4 is 10.6 Å². The van der Waals surface area contributed by atoms with Crippen LogP contribution in [-0.2, 0) is 0 Å². The van der Waals surface area contributed by atoms with Gasteiger partial charge in [0, 0.05) is 24.8 Å². The molecular formula is C12H18N4. The smallest absolute Gasteiger partial charge is 0.222 e. The van der Waals surface area contributed by atoms with E-state index in [1.807, 2.05) is 13.0 Å². The molecule has 0 spiro atoms. The maximum atomic E-state index is 5.69. The summed E-state index contributed by atoms with van der Waals surface area (Å²) in [6, 6.07) is 2.04. The average molecular weight is 218 g/mol. The van der Waals surface area contributed by atoms with Crippen molar-refractivity contribution in [2.45, 2.75) is 26.2 Å². The van der Waals surface area contributed by atoms with Gasteiger partial charge in [0.1, 0.15) is 5.82 Å². The summed E-state index contributed by atoms with van der Waals surface area (Å²) in [5.74, 6) is 3.18. The first-order valence-corrected chi connectivity index (χ1v) is 6.08. The van der Waals surface area contributed by atoms with Crippen LogP contribution in [0.4, 0.5) is 11.8 Å². The zero-order valence-corrected chi connectivity index (χ0v) is 9.69. The van der Waals surface area contributed by atoms with Gasteiger partial charge in [-0.1, -0.05) is 6.42 Å². The highest BCUT2D eigenvalue weighted by molar-refractivity contribution is 5.44.